The zero-order chi connectivity index (χ0) is 23.2. The Labute approximate surface area is 192 Å². The predicted octanol–water partition coefficient (Wildman–Crippen LogP) is 6.16. The molecule has 5 heteroatoms. The van der Waals surface area contributed by atoms with Crippen LogP contribution in [0.1, 0.15) is 28.4 Å². The lowest BCUT2D eigenvalue weighted by Gasteiger charge is -2.11. The summed E-state index contributed by atoms with van der Waals surface area (Å²) in [5, 5.41) is 14.5. The number of hydrogen-bond acceptors (Lipinski definition) is 3. The molecular weight excluding hydrogens is 414 g/mol. The quantitative estimate of drug-likeness (QED) is 0.340. The number of carbonyl (C=O) groups excluding carboxylic acids is 1. The second-order valence-corrected chi connectivity index (χ2v) is 7.67. The second-order valence-electron chi connectivity index (χ2n) is 7.67. The molecule has 164 valence electrons. The van der Waals surface area contributed by atoms with E-state index in [9.17, 15) is 14.7 Å². The van der Waals surface area contributed by atoms with Gasteiger partial charge in [0.2, 0.25) is 5.91 Å². The SMILES string of the molecule is C/C(=C\C(=O)Nc1ccc(OCc2ccccc2)cc1C(=O)O)c1ccc2ccccc2c1. The second kappa shape index (κ2) is 9.83. The largest absolute Gasteiger partial charge is 0.489 e. The minimum absolute atomic E-state index is 0.0364. The van der Waals surface area contributed by atoms with Gasteiger partial charge in [0.05, 0.1) is 11.3 Å². The molecule has 4 rings (SSSR count). The summed E-state index contributed by atoms with van der Waals surface area (Å²) in [4.78, 5) is 24.4. The van der Waals surface area contributed by atoms with Crippen LogP contribution in [0, 0.1) is 0 Å². The first-order chi connectivity index (χ1) is 16.0. The maximum atomic E-state index is 12.6. The highest BCUT2D eigenvalue weighted by molar-refractivity contribution is 6.07. The van der Waals surface area contributed by atoms with Gasteiger partial charge in [-0.15, -0.1) is 0 Å². The Morgan fingerprint density at radius 3 is 2.36 bits per heavy atom. The van der Waals surface area contributed by atoms with E-state index in [1.54, 1.807) is 12.1 Å². The van der Waals surface area contributed by atoms with Crippen molar-refractivity contribution in [2.24, 2.45) is 0 Å². The van der Waals surface area contributed by atoms with Crippen molar-refractivity contribution in [1.82, 2.24) is 0 Å². The minimum Gasteiger partial charge on any atom is -0.489 e. The molecule has 0 bridgehead atoms. The smallest absolute Gasteiger partial charge is 0.337 e. The van der Waals surface area contributed by atoms with Crippen molar-refractivity contribution >= 4 is 33.9 Å². The number of rotatable bonds is 7. The van der Waals surface area contributed by atoms with Crippen LogP contribution in [0.5, 0.6) is 5.75 Å². The van der Waals surface area contributed by atoms with E-state index in [0.29, 0.717) is 12.4 Å². The van der Waals surface area contributed by atoms with E-state index in [2.05, 4.69) is 5.32 Å². The lowest BCUT2D eigenvalue weighted by molar-refractivity contribution is -0.111. The molecule has 0 aliphatic carbocycles. The van der Waals surface area contributed by atoms with E-state index in [4.69, 9.17) is 4.74 Å². The zero-order valence-electron chi connectivity index (χ0n) is 18.1. The van der Waals surface area contributed by atoms with Crippen LogP contribution in [-0.2, 0) is 11.4 Å². The van der Waals surface area contributed by atoms with Gasteiger partial charge >= 0.3 is 5.97 Å². The molecule has 4 aromatic rings. The zero-order valence-corrected chi connectivity index (χ0v) is 18.1. The molecule has 0 fully saturated rings. The molecule has 0 unspecified atom stereocenters. The topological polar surface area (TPSA) is 75.6 Å². The normalized spacial score (nSPS) is 11.2. The lowest BCUT2D eigenvalue weighted by Crippen LogP contribution is -2.13. The molecule has 4 aromatic carbocycles. The van der Waals surface area contributed by atoms with Gasteiger partial charge in [-0.3, -0.25) is 4.79 Å². The fourth-order valence-electron chi connectivity index (χ4n) is 3.52. The maximum Gasteiger partial charge on any atom is 0.337 e. The summed E-state index contributed by atoms with van der Waals surface area (Å²) in [6, 6.07) is 28.2. The molecule has 0 aromatic heterocycles. The summed E-state index contributed by atoms with van der Waals surface area (Å²) in [7, 11) is 0. The number of aromatic carboxylic acids is 1. The molecule has 33 heavy (non-hydrogen) atoms. The van der Waals surface area contributed by atoms with Gasteiger partial charge in [-0.1, -0.05) is 66.7 Å². The van der Waals surface area contributed by atoms with Crippen LogP contribution >= 0.6 is 0 Å². The Morgan fingerprint density at radius 2 is 1.61 bits per heavy atom. The molecule has 0 aliphatic heterocycles. The number of amides is 1. The summed E-state index contributed by atoms with van der Waals surface area (Å²) >= 11 is 0. The average molecular weight is 437 g/mol. The molecule has 0 saturated heterocycles. The number of carboxylic acids is 1. The van der Waals surface area contributed by atoms with Gasteiger partial charge in [0.1, 0.15) is 12.4 Å². The highest BCUT2D eigenvalue weighted by Gasteiger charge is 2.14. The van der Waals surface area contributed by atoms with Crippen molar-refractivity contribution < 1.29 is 19.4 Å². The van der Waals surface area contributed by atoms with Crippen molar-refractivity contribution in [3.05, 3.63) is 114 Å². The number of hydrogen-bond donors (Lipinski definition) is 2. The first-order valence-electron chi connectivity index (χ1n) is 10.5. The maximum absolute atomic E-state index is 12.6. The molecular formula is C28H23NO4. The Hall–Kier alpha value is -4.38. The Balaban J connectivity index is 1.49. The Morgan fingerprint density at radius 1 is 0.879 bits per heavy atom. The standard InChI is InChI=1S/C28H23NO4/c1-19(22-12-11-21-9-5-6-10-23(21)16-22)15-27(30)29-26-14-13-24(17-25(26)28(31)32)33-18-20-7-3-2-4-8-20/h2-17H,18H2,1H3,(H,29,30)(H,31,32)/b19-15+. The van der Waals surface area contributed by atoms with Gasteiger partial charge in [-0.2, -0.15) is 0 Å². The molecule has 0 atom stereocenters. The fraction of sp³-hybridized carbons (Fsp3) is 0.0714. The van der Waals surface area contributed by atoms with Crippen LogP contribution in [0.2, 0.25) is 0 Å². The van der Waals surface area contributed by atoms with Gasteiger partial charge in [0, 0.05) is 6.08 Å². The summed E-state index contributed by atoms with van der Waals surface area (Å²) in [6.07, 6.45) is 1.47. The molecule has 0 spiro atoms. The molecule has 0 saturated carbocycles. The number of benzene rings is 4. The molecule has 0 heterocycles. The molecule has 0 radical (unpaired) electrons. The van der Waals surface area contributed by atoms with E-state index in [1.165, 1.54) is 12.1 Å². The van der Waals surface area contributed by atoms with Gasteiger partial charge in [0.15, 0.2) is 0 Å². The molecule has 0 aliphatic rings. The van der Waals surface area contributed by atoms with Crippen molar-refractivity contribution in [3.8, 4) is 5.75 Å². The highest BCUT2D eigenvalue weighted by Crippen LogP contribution is 2.24. The van der Waals surface area contributed by atoms with Crippen LogP contribution in [-0.4, -0.2) is 17.0 Å². The number of allylic oxidation sites excluding steroid dienone is 1. The monoisotopic (exact) mass is 437 g/mol. The van der Waals surface area contributed by atoms with E-state index in [0.717, 1.165) is 27.5 Å². The first-order valence-corrected chi connectivity index (χ1v) is 10.5. The third kappa shape index (κ3) is 5.46. The van der Waals surface area contributed by atoms with E-state index < -0.39 is 11.9 Å². The number of nitrogens with one attached hydrogen (secondary N) is 1. The van der Waals surface area contributed by atoms with E-state index in [-0.39, 0.29) is 11.3 Å². The van der Waals surface area contributed by atoms with Crippen LogP contribution < -0.4 is 10.1 Å². The summed E-state index contributed by atoms with van der Waals surface area (Å²) < 4.78 is 5.71. The number of carboxylic acid groups (broad SMARTS) is 1. The third-order valence-electron chi connectivity index (χ3n) is 5.28. The van der Waals surface area contributed by atoms with Crippen LogP contribution in [0.3, 0.4) is 0 Å². The molecule has 2 N–H and O–H groups in total. The fourth-order valence-corrected chi connectivity index (χ4v) is 3.52. The van der Waals surface area contributed by atoms with E-state index in [1.807, 2.05) is 79.7 Å². The van der Waals surface area contributed by atoms with Gasteiger partial charge in [0.25, 0.3) is 0 Å². The minimum atomic E-state index is -1.15. The molecule has 1 amide bonds. The lowest BCUT2D eigenvalue weighted by atomic mass is 10.0. The van der Waals surface area contributed by atoms with Gasteiger partial charge < -0.3 is 15.2 Å². The van der Waals surface area contributed by atoms with Crippen molar-refractivity contribution in [2.45, 2.75) is 13.5 Å². The van der Waals surface area contributed by atoms with Crippen LogP contribution in [0.15, 0.2) is 97.1 Å². The molecule has 5 nitrogen and oxygen atoms in total. The van der Waals surface area contributed by atoms with Gasteiger partial charge in [-0.25, -0.2) is 4.79 Å². The van der Waals surface area contributed by atoms with Crippen LogP contribution in [0.25, 0.3) is 16.3 Å². The average Bonchev–Trinajstić information content (AvgIpc) is 2.83. The van der Waals surface area contributed by atoms with Crippen molar-refractivity contribution in [2.75, 3.05) is 5.32 Å². The van der Waals surface area contributed by atoms with Crippen molar-refractivity contribution in [1.29, 1.82) is 0 Å². The Kier molecular flexibility index (Phi) is 6.51. The summed E-state index contributed by atoms with van der Waals surface area (Å²) in [6.45, 7) is 2.17. The highest BCUT2D eigenvalue weighted by atomic mass is 16.5. The third-order valence-corrected chi connectivity index (χ3v) is 5.28. The number of carbonyl (C=O) groups is 2. The first kappa shape index (κ1) is 21.8. The predicted molar refractivity (Wildman–Crippen MR) is 130 cm³/mol. The van der Waals surface area contributed by atoms with E-state index >= 15 is 0 Å². The number of fused-ring (bicyclic) bond motifs is 1. The van der Waals surface area contributed by atoms with Crippen LogP contribution in [0.4, 0.5) is 5.69 Å². The van der Waals surface area contributed by atoms with Gasteiger partial charge in [-0.05, 0) is 58.7 Å². The summed E-state index contributed by atoms with van der Waals surface area (Å²) in [5.41, 5.74) is 2.85. The van der Waals surface area contributed by atoms with Crippen molar-refractivity contribution in [3.63, 3.8) is 0 Å². The number of anilines is 1. The Bertz CT molecular complexity index is 1340. The summed E-state index contributed by atoms with van der Waals surface area (Å²) in [5.74, 6) is -1.14. The number of ether oxygens (including phenoxy) is 1.